The molecule has 1 heterocycles. The summed E-state index contributed by atoms with van der Waals surface area (Å²) in [5, 5.41) is 2.96. The van der Waals surface area contributed by atoms with Gasteiger partial charge in [0.15, 0.2) is 0 Å². The Morgan fingerprint density at radius 3 is 2.74 bits per heavy atom. The number of halogens is 1. The maximum atomic E-state index is 13.3. The molecule has 1 amide bonds. The van der Waals surface area contributed by atoms with E-state index in [1.54, 1.807) is 25.6 Å². The van der Waals surface area contributed by atoms with Gasteiger partial charge < -0.3 is 19.4 Å². The van der Waals surface area contributed by atoms with Crippen LogP contribution in [0.15, 0.2) is 54.9 Å². The summed E-state index contributed by atoms with van der Waals surface area (Å²) < 4.78 is 25.4. The molecule has 3 aromatic rings. The molecular formula is C20H22FN3O3. The van der Waals surface area contributed by atoms with Crippen LogP contribution in [-0.4, -0.2) is 42.4 Å². The summed E-state index contributed by atoms with van der Waals surface area (Å²) in [6.07, 6.45) is 1.74. The average Bonchev–Trinajstić information content (AvgIpc) is 3.08. The lowest BCUT2D eigenvalue weighted by Crippen LogP contribution is -2.34. The van der Waals surface area contributed by atoms with Crippen molar-refractivity contribution in [3.63, 3.8) is 0 Å². The molecule has 1 unspecified atom stereocenters. The molecule has 0 bridgehead atoms. The minimum absolute atomic E-state index is 0.0638. The summed E-state index contributed by atoms with van der Waals surface area (Å²) in [4.78, 5) is 16.7. The molecule has 1 aromatic heterocycles. The fourth-order valence-electron chi connectivity index (χ4n) is 2.83. The van der Waals surface area contributed by atoms with E-state index in [-0.39, 0.29) is 24.4 Å². The number of nitrogens with one attached hydrogen (secondary N) is 1. The van der Waals surface area contributed by atoms with E-state index in [4.69, 9.17) is 9.47 Å². The van der Waals surface area contributed by atoms with Crippen LogP contribution in [0.25, 0.3) is 11.0 Å². The number of carbonyl (C=O) groups excluding carboxylic acids is 1. The van der Waals surface area contributed by atoms with Crippen molar-refractivity contribution in [2.24, 2.45) is 0 Å². The van der Waals surface area contributed by atoms with Gasteiger partial charge in [0.05, 0.1) is 36.6 Å². The van der Waals surface area contributed by atoms with Crippen LogP contribution in [0, 0.1) is 5.82 Å². The smallest absolute Gasteiger partial charge is 0.246 e. The molecule has 0 fully saturated rings. The van der Waals surface area contributed by atoms with Gasteiger partial charge in [0.2, 0.25) is 5.91 Å². The second kappa shape index (κ2) is 9.25. The summed E-state index contributed by atoms with van der Waals surface area (Å²) in [6.45, 7) is 1.18. The zero-order valence-corrected chi connectivity index (χ0v) is 15.1. The summed E-state index contributed by atoms with van der Waals surface area (Å²) in [6, 6.07) is 13.5. The molecule has 27 heavy (non-hydrogen) atoms. The summed E-state index contributed by atoms with van der Waals surface area (Å²) in [5.41, 5.74) is 2.65. The number of carbonyl (C=O) groups is 1. The Hall–Kier alpha value is -2.77. The number of rotatable bonds is 9. The van der Waals surface area contributed by atoms with Gasteiger partial charge in [-0.05, 0) is 29.8 Å². The zero-order chi connectivity index (χ0) is 19.1. The molecule has 0 aliphatic rings. The number of para-hydroxylation sites is 2. The number of aromatic nitrogens is 2. The number of benzene rings is 2. The predicted octanol–water partition coefficient (Wildman–Crippen LogP) is 2.70. The van der Waals surface area contributed by atoms with Crippen molar-refractivity contribution >= 4 is 16.9 Å². The number of hydrogen-bond donors (Lipinski definition) is 1. The SMILES string of the molecule is COCCOCC(=O)NC(Cn1cnc2ccccc21)c1ccc(F)cc1. The summed E-state index contributed by atoms with van der Waals surface area (Å²) >= 11 is 0. The number of hydrogen-bond acceptors (Lipinski definition) is 4. The van der Waals surface area contributed by atoms with Crippen LogP contribution in [0.3, 0.4) is 0 Å². The van der Waals surface area contributed by atoms with Crippen molar-refractivity contribution in [1.82, 2.24) is 14.9 Å². The molecule has 142 valence electrons. The van der Waals surface area contributed by atoms with E-state index in [1.165, 1.54) is 12.1 Å². The van der Waals surface area contributed by atoms with Crippen molar-refractivity contribution in [3.05, 3.63) is 66.2 Å². The predicted molar refractivity (Wildman–Crippen MR) is 99.7 cm³/mol. The van der Waals surface area contributed by atoms with E-state index in [0.29, 0.717) is 19.8 Å². The van der Waals surface area contributed by atoms with Crippen LogP contribution in [0.4, 0.5) is 4.39 Å². The first kappa shape index (κ1) is 19.0. The highest BCUT2D eigenvalue weighted by Crippen LogP contribution is 2.19. The number of imidazole rings is 1. The van der Waals surface area contributed by atoms with E-state index >= 15 is 0 Å². The molecule has 3 rings (SSSR count). The molecule has 0 radical (unpaired) electrons. The lowest BCUT2D eigenvalue weighted by atomic mass is 10.1. The molecule has 6 nitrogen and oxygen atoms in total. The molecule has 0 aliphatic heterocycles. The molecule has 7 heteroatoms. The fourth-order valence-corrected chi connectivity index (χ4v) is 2.83. The average molecular weight is 371 g/mol. The summed E-state index contributed by atoms with van der Waals surface area (Å²) in [5.74, 6) is -0.565. The molecular weight excluding hydrogens is 349 g/mol. The monoisotopic (exact) mass is 371 g/mol. The molecule has 0 saturated heterocycles. The van der Waals surface area contributed by atoms with E-state index in [9.17, 15) is 9.18 Å². The maximum Gasteiger partial charge on any atom is 0.246 e. The van der Waals surface area contributed by atoms with Gasteiger partial charge >= 0.3 is 0 Å². The standard InChI is InChI=1S/C20H22FN3O3/c1-26-10-11-27-13-20(25)23-18(15-6-8-16(21)9-7-15)12-24-14-22-17-4-2-3-5-19(17)24/h2-9,14,18H,10-13H2,1H3,(H,23,25). The topological polar surface area (TPSA) is 65.4 Å². The largest absolute Gasteiger partial charge is 0.382 e. The zero-order valence-electron chi connectivity index (χ0n) is 15.1. The van der Waals surface area contributed by atoms with Gasteiger partial charge in [-0.2, -0.15) is 0 Å². The van der Waals surface area contributed by atoms with Gasteiger partial charge in [0.25, 0.3) is 0 Å². The van der Waals surface area contributed by atoms with Crippen LogP contribution in [-0.2, 0) is 20.8 Å². The molecule has 1 atom stereocenters. The Morgan fingerprint density at radius 1 is 1.19 bits per heavy atom. The van der Waals surface area contributed by atoms with E-state index in [0.717, 1.165) is 16.6 Å². The second-order valence-corrected chi connectivity index (χ2v) is 6.10. The van der Waals surface area contributed by atoms with Crippen molar-refractivity contribution < 1.29 is 18.7 Å². The van der Waals surface area contributed by atoms with Crippen molar-refractivity contribution in [3.8, 4) is 0 Å². The van der Waals surface area contributed by atoms with Gasteiger partial charge in [0.1, 0.15) is 12.4 Å². The Kier molecular flexibility index (Phi) is 6.51. The first-order chi connectivity index (χ1) is 13.2. The lowest BCUT2D eigenvalue weighted by Gasteiger charge is -2.20. The third-order valence-electron chi connectivity index (χ3n) is 4.18. The highest BCUT2D eigenvalue weighted by molar-refractivity contribution is 5.78. The van der Waals surface area contributed by atoms with Crippen molar-refractivity contribution in [1.29, 1.82) is 0 Å². The van der Waals surface area contributed by atoms with Crippen molar-refractivity contribution in [2.75, 3.05) is 26.9 Å². The molecule has 0 aliphatic carbocycles. The van der Waals surface area contributed by atoms with Crippen LogP contribution >= 0.6 is 0 Å². The fraction of sp³-hybridized carbons (Fsp3) is 0.300. The van der Waals surface area contributed by atoms with E-state index in [1.807, 2.05) is 28.8 Å². The maximum absolute atomic E-state index is 13.3. The van der Waals surface area contributed by atoms with Gasteiger partial charge in [-0.15, -0.1) is 0 Å². The molecule has 1 N–H and O–H groups in total. The number of nitrogens with zero attached hydrogens (tertiary/aromatic N) is 2. The van der Waals surface area contributed by atoms with Crippen molar-refractivity contribution in [2.45, 2.75) is 12.6 Å². The van der Waals surface area contributed by atoms with Crippen LogP contribution < -0.4 is 5.32 Å². The number of amides is 1. The van der Waals surface area contributed by atoms with Gasteiger partial charge in [-0.3, -0.25) is 4.79 Å². The molecule has 2 aromatic carbocycles. The lowest BCUT2D eigenvalue weighted by molar-refractivity contribution is -0.127. The minimum atomic E-state index is -0.346. The van der Waals surface area contributed by atoms with Gasteiger partial charge in [-0.25, -0.2) is 9.37 Å². The van der Waals surface area contributed by atoms with Crippen LogP contribution in [0.5, 0.6) is 0 Å². The minimum Gasteiger partial charge on any atom is -0.382 e. The molecule has 0 saturated carbocycles. The number of fused-ring (bicyclic) bond motifs is 1. The highest BCUT2D eigenvalue weighted by atomic mass is 19.1. The van der Waals surface area contributed by atoms with E-state index < -0.39 is 0 Å². The third kappa shape index (κ3) is 5.12. The highest BCUT2D eigenvalue weighted by Gasteiger charge is 2.17. The number of methoxy groups -OCH3 is 1. The summed E-state index contributed by atoms with van der Waals surface area (Å²) in [7, 11) is 1.57. The first-order valence-corrected chi connectivity index (χ1v) is 8.69. The number of ether oxygens (including phenoxy) is 2. The van der Waals surface area contributed by atoms with Crippen LogP contribution in [0.1, 0.15) is 11.6 Å². The third-order valence-corrected chi connectivity index (χ3v) is 4.18. The Balaban J connectivity index is 1.75. The Morgan fingerprint density at radius 2 is 1.96 bits per heavy atom. The second-order valence-electron chi connectivity index (χ2n) is 6.10. The molecule has 0 spiro atoms. The van der Waals surface area contributed by atoms with Gasteiger partial charge in [0, 0.05) is 13.7 Å². The first-order valence-electron chi connectivity index (χ1n) is 8.69. The van der Waals surface area contributed by atoms with Crippen LogP contribution in [0.2, 0.25) is 0 Å². The van der Waals surface area contributed by atoms with E-state index in [2.05, 4.69) is 10.3 Å². The quantitative estimate of drug-likeness (QED) is 0.588. The van der Waals surface area contributed by atoms with Gasteiger partial charge in [-0.1, -0.05) is 24.3 Å². The normalized spacial score (nSPS) is 12.2. The Labute approximate surface area is 156 Å². The Bertz CT molecular complexity index is 880.